The molecule has 0 aliphatic carbocycles. The van der Waals surface area contributed by atoms with Crippen molar-refractivity contribution in [3.8, 4) is 11.1 Å². The summed E-state index contributed by atoms with van der Waals surface area (Å²) in [6.07, 6.45) is -0.846. The predicted octanol–water partition coefficient (Wildman–Crippen LogP) is 4.25. The zero-order valence-corrected chi connectivity index (χ0v) is 14.2. The Morgan fingerprint density at radius 1 is 1.20 bits per heavy atom. The summed E-state index contributed by atoms with van der Waals surface area (Å²) in [4.78, 5) is 11.2. The minimum atomic E-state index is -1.12. The normalized spacial score (nSPS) is 11.9. The van der Waals surface area contributed by atoms with E-state index in [1.807, 2.05) is 48.5 Å². The number of nitrogens with one attached hydrogen (secondary N) is 1. The lowest BCUT2D eigenvalue weighted by Gasteiger charge is -2.16. The molecule has 0 aliphatic heterocycles. The molecule has 0 saturated heterocycles. The minimum Gasteiger partial charge on any atom is -0.465 e. The van der Waals surface area contributed by atoms with Crippen LogP contribution in [0.5, 0.6) is 0 Å². The Morgan fingerprint density at radius 2 is 1.92 bits per heavy atom. The molecule has 0 bridgehead atoms. The molecule has 2 N–H and O–H groups in total. The molecule has 7 heteroatoms. The zero-order chi connectivity index (χ0) is 17.8. The first-order chi connectivity index (χ1) is 12.0. The van der Waals surface area contributed by atoms with Gasteiger partial charge in [-0.15, -0.1) is 10.2 Å². The highest BCUT2D eigenvalue weighted by molar-refractivity contribution is 6.30. The van der Waals surface area contributed by atoms with Crippen molar-refractivity contribution in [2.24, 2.45) is 0 Å². The molecular weight excluding hydrogens is 342 g/mol. The highest BCUT2D eigenvalue weighted by Crippen LogP contribution is 2.27. The van der Waals surface area contributed by atoms with Crippen LogP contribution in [0.4, 0.5) is 4.79 Å². The van der Waals surface area contributed by atoms with Crippen LogP contribution >= 0.6 is 11.6 Å². The molecule has 3 rings (SSSR count). The second-order valence-corrected chi connectivity index (χ2v) is 5.99. The van der Waals surface area contributed by atoms with Crippen molar-refractivity contribution in [1.29, 1.82) is 0 Å². The molecule has 0 spiro atoms. The van der Waals surface area contributed by atoms with Gasteiger partial charge in [0.05, 0.1) is 12.5 Å². The van der Waals surface area contributed by atoms with Gasteiger partial charge in [-0.3, -0.25) is 0 Å². The lowest BCUT2D eigenvalue weighted by molar-refractivity contribution is 0.189. The fraction of sp³-hybridized carbons (Fsp3) is 0.167. The number of benzene rings is 2. The van der Waals surface area contributed by atoms with Crippen molar-refractivity contribution in [2.75, 3.05) is 0 Å². The van der Waals surface area contributed by atoms with Gasteiger partial charge in [0, 0.05) is 11.9 Å². The number of halogens is 1. The van der Waals surface area contributed by atoms with Gasteiger partial charge < -0.3 is 14.8 Å². The number of hydrogen-bond acceptors (Lipinski definition) is 4. The Hall–Kier alpha value is -2.86. The third-order valence-corrected chi connectivity index (χ3v) is 3.93. The molecule has 1 atom stereocenters. The smallest absolute Gasteiger partial charge is 0.405 e. The molecule has 0 radical (unpaired) electrons. The number of aryl methyl sites for hydroxylation is 1. The maximum Gasteiger partial charge on any atom is 0.405 e. The molecule has 25 heavy (non-hydrogen) atoms. The van der Waals surface area contributed by atoms with Crippen LogP contribution in [-0.4, -0.2) is 21.4 Å². The van der Waals surface area contributed by atoms with Crippen LogP contribution in [0.3, 0.4) is 0 Å². The Morgan fingerprint density at radius 3 is 2.56 bits per heavy atom. The molecule has 0 fully saturated rings. The van der Waals surface area contributed by atoms with Crippen LogP contribution in [-0.2, 0) is 6.42 Å². The van der Waals surface area contributed by atoms with E-state index in [9.17, 15) is 4.79 Å². The largest absolute Gasteiger partial charge is 0.465 e. The van der Waals surface area contributed by atoms with Gasteiger partial charge in [0.25, 0.3) is 0 Å². The van der Waals surface area contributed by atoms with Gasteiger partial charge in [-0.1, -0.05) is 41.9 Å². The van der Waals surface area contributed by atoms with Crippen LogP contribution in [0, 0.1) is 6.92 Å². The average molecular weight is 358 g/mol. The van der Waals surface area contributed by atoms with Crippen molar-refractivity contribution in [2.45, 2.75) is 19.4 Å². The SMILES string of the molecule is Cc1nnc(CC(NC(=O)O)c2cccc(-c3cccc(Cl)c3)c2)o1. The van der Waals surface area contributed by atoms with Crippen LogP contribution in [0.25, 0.3) is 11.1 Å². The van der Waals surface area contributed by atoms with E-state index in [4.69, 9.17) is 21.1 Å². The van der Waals surface area contributed by atoms with Gasteiger partial charge in [-0.2, -0.15) is 0 Å². The predicted molar refractivity (Wildman–Crippen MR) is 93.5 cm³/mol. The summed E-state index contributed by atoms with van der Waals surface area (Å²) in [7, 11) is 0. The standard InChI is InChI=1S/C18H16ClN3O3/c1-11-21-22-17(25-11)10-16(20-18(23)24)14-6-2-4-12(8-14)13-5-3-7-15(19)9-13/h2-9,16,20H,10H2,1H3,(H,23,24). The highest BCUT2D eigenvalue weighted by atomic mass is 35.5. The summed E-state index contributed by atoms with van der Waals surface area (Å²) in [5.74, 6) is 0.821. The van der Waals surface area contributed by atoms with Gasteiger partial charge in [0.15, 0.2) is 0 Å². The first-order valence-electron chi connectivity index (χ1n) is 7.65. The first kappa shape index (κ1) is 17.0. The minimum absolute atomic E-state index is 0.270. The van der Waals surface area contributed by atoms with E-state index in [0.29, 0.717) is 16.8 Å². The topological polar surface area (TPSA) is 88.2 Å². The fourth-order valence-electron chi connectivity index (χ4n) is 2.60. The van der Waals surface area contributed by atoms with E-state index < -0.39 is 12.1 Å². The van der Waals surface area contributed by atoms with E-state index in [0.717, 1.165) is 16.7 Å². The van der Waals surface area contributed by atoms with E-state index in [1.165, 1.54) is 0 Å². The van der Waals surface area contributed by atoms with Crippen molar-refractivity contribution >= 4 is 17.7 Å². The molecule has 128 valence electrons. The number of amides is 1. The monoisotopic (exact) mass is 357 g/mol. The molecular formula is C18H16ClN3O3. The molecule has 1 heterocycles. The summed E-state index contributed by atoms with van der Waals surface area (Å²) in [5, 5.41) is 20.0. The Kier molecular flexibility index (Phi) is 5.00. The quantitative estimate of drug-likeness (QED) is 0.712. The van der Waals surface area contributed by atoms with Gasteiger partial charge in [-0.05, 0) is 34.9 Å². The van der Waals surface area contributed by atoms with Crippen molar-refractivity contribution in [3.05, 3.63) is 70.9 Å². The van der Waals surface area contributed by atoms with Gasteiger partial charge in [-0.25, -0.2) is 4.79 Å². The van der Waals surface area contributed by atoms with E-state index in [2.05, 4.69) is 15.5 Å². The molecule has 0 aliphatic rings. The van der Waals surface area contributed by atoms with Gasteiger partial charge in [0.1, 0.15) is 0 Å². The van der Waals surface area contributed by atoms with E-state index >= 15 is 0 Å². The lowest BCUT2D eigenvalue weighted by atomic mass is 9.98. The molecule has 1 amide bonds. The second-order valence-electron chi connectivity index (χ2n) is 5.56. The van der Waals surface area contributed by atoms with Crippen molar-refractivity contribution in [3.63, 3.8) is 0 Å². The number of aromatic nitrogens is 2. The highest BCUT2D eigenvalue weighted by Gasteiger charge is 2.18. The van der Waals surface area contributed by atoms with Crippen LogP contribution in [0.15, 0.2) is 52.9 Å². The lowest BCUT2D eigenvalue weighted by Crippen LogP contribution is -2.28. The van der Waals surface area contributed by atoms with Crippen molar-refractivity contribution < 1.29 is 14.3 Å². The summed E-state index contributed by atoms with van der Waals surface area (Å²) in [6.45, 7) is 1.69. The zero-order valence-electron chi connectivity index (χ0n) is 13.4. The van der Waals surface area contributed by atoms with Gasteiger partial charge in [0.2, 0.25) is 11.8 Å². The maximum absolute atomic E-state index is 11.2. The average Bonchev–Trinajstić information content (AvgIpc) is 2.99. The molecule has 1 aromatic heterocycles. The van der Waals surface area contributed by atoms with E-state index in [-0.39, 0.29) is 6.42 Å². The van der Waals surface area contributed by atoms with E-state index in [1.54, 1.807) is 6.92 Å². The van der Waals surface area contributed by atoms with Crippen molar-refractivity contribution in [1.82, 2.24) is 15.5 Å². The molecule has 3 aromatic rings. The Balaban J connectivity index is 1.92. The number of nitrogens with zero attached hydrogens (tertiary/aromatic N) is 2. The molecule has 1 unspecified atom stereocenters. The molecule has 6 nitrogen and oxygen atoms in total. The Bertz CT molecular complexity index is 895. The summed E-state index contributed by atoms with van der Waals surface area (Å²) >= 11 is 6.06. The summed E-state index contributed by atoms with van der Waals surface area (Å²) < 4.78 is 5.38. The third-order valence-electron chi connectivity index (χ3n) is 3.69. The van der Waals surface area contributed by atoms with Crippen LogP contribution in [0.1, 0.15) is 23.4 Å². The first-order valence-corrected chi connectivity index (χ1v) is 8.03. The number of hydrogen-bond donors (Lipinski definition) is 2. The fourth-order valence-corrected chi connectivity index (χ4v) is 2.79. The van der Waals surface area contributed by atoms with Gasteiger partial charge >= 0.3 is 6.09 Å². The third kappa shape index (κ3) is 4.36. The van der Waals surface area contributed by atoms with Crippen LogP contribution in [0.2, 0.25) is 5.02 Å². The number of rotatable bonds is 5. The molecule has 0 saturated carbocycles. The maximum atomic E-state index is 11.2. The second kappa shape index (κ2) is 7.36. The Labute approximate surface area is 149 Å². The molecule has 2 aromatic carbocycles. The van der Waals surface area contributed by atoms with Crippen LogP contribution < -0.4 is 5.32 Å². The number of carboxylic acid groups (broad SMARTS) is 1. The summed E-state index contributed by atoms with van der Waals surface area (Å²) in [6, 6.07) is 14.6. The number of carbonyl (C=O) groups is 1. The summed E-state index contributed by atoms with van der Waals surface area (Å²) in [5.41, 5.74) is 2.70.